The molecule has 2 heterocycles. The monoisotopic (exact) mass is 480 g/mol. The van der Waals surface area contributed by atoms with E-state index in [0.717, 1.165) is 30.8 Å². The molecule has 0 fully saturated rings. The van der Waals surface area contributed by atoms with Crippen molar-refractivity contribution >= 4 is 42.0 Å². The predicted molar refractivity (Wildman–Crippen MR) is 128 cm³/mol. The number of aromatic amines is 1. The summed E-state index contributed by atoms with van der Waals surface area (Å²) in [5.74, 6) is 5.53. The molecule has 7 N–H and O–H groups in total. The van der Waals surface area contributed by atoms with Crippen molar-refractivity contribution in [3.05, 3.63) is 77.1 Å². The van der Waals surface area contributed by atoms with E-state index in [4.69, 9.17) is 22.0 Å². The summed E-state index contributed by atoms with van der Waals surface area (Å²) in [6.45, 7) is 0. The number of pyridine rings is 1. The Morgan fingerprint density at radius 2 is 1.77 bits per heavy atom. The zero-order chi connectivity index (χ0) is 25.8. The lowest BCUT2D eigenvalue weighted by molar-refractivity contribution is -0.137. The molecule has 0 atom stereocenters. The fourth-order valence-electron chi connectivity index (χ4n) is 2.49. The van der Waals surface area contributed by atoms with Crippen LogP contribution in [-0.2, 0) is 6.18 Å². The molecule has 0 spiro atoms. The standard InChI is InChI=1S/C21H15F3N6O.C2H4N2/c22-21(23,24)15-7-16(26)9-18(8-15)30-20(31)14-6-13(10-27-11-14)3-4-17-12-28-19(29-17)2-1-5-25;3-1-2-4/h1-2,5-12,25H,26H2,(H,28,29)(H,30,31);1-4H/b2-1-,25-5?;. The number of amides is 1. The number of carbonyl (C=O) groups excluding carboxylic acids is 1. The van der Waals surface area contributed by atoms with Gasteiger partial charge in [0, 0.05) is 48.0 Å². The Labute approximate surface area is 197 Å². The number of hydrogen-bond acceptors (Lipinski definition) is 7. The number of nitrogens with two attached hydrogens (primary N) is 1. The average molecular weight is 480 g/mol. The molecule has 0 unspecified atom stereocenters. The lowest BCUT2D eigenvalue weighted by Crippen LogP contribution is -2.14. The molecule has 0 saturated carbocycles. The Hall–Kier alpha value is -5.05. The van der Waals surface area contributed by atoms with Crippen molar-refractivity contribution in [3.63, 3.8) is 0 Å². The summed E-state index contributed by atoms with van der Waals surface area (Å²) in [6.07, 6.45) is 5.69. The summed E-state index contributed by atoms with van der Waals surface area (Å²) in [7, 11) is 0. The van der Waals surface area contributed by atoms with Gasteiger partial charge in [-0.1, -0.05) is 5.92 Å². The molecule has 3 rings (SSSR count). The van der Waals surface area contributed by atoms with Crippen LogP contribution < -0.4 is 11.1 Å². The quantitative estimate of drug-likeness (QED) is 0.184. The highest BCUT2D eigenvalue weighted by molar-refractivity contribution is 6.12. The van der Waals surface area contributed by atoms with Crippen LogP contribution in [0.25, 0.3) is 6.08 Å². The van der Waals surface area contributed by atoms with Gasteiger partial charge in [-0.15, -0.1) is 0 Å². The van der Waals surface area contributed by atoms with E-state index in [2.05, 4.69) is 32.1 Å². The molecule has 3 aromatic rings. The van der Waals surface area contributed by atoms with Crippen molar-refractivity contribution in [2.45, 2.75) is 6.18 Å². The number of halogens is 3. The largest absolute Gasteiger partial charge is 0.416 e. The second kappa shape index (κ2) is 12.3. The van der Waals surface area contributed by atoms with Gasteiger partial charge in [0.25, 0.3) is 5.91 Å². The van der Waals surface area contributed by atoms with Crippen molar-refractivity contribution in [2.75, 3.05) is 11.1 Å². The van der Waals surface area contributed by atoms with Crippen molar-refractivity contribution in [1.29, 1.82) is 16.2 Å². The van der Waals surface area contributed by atoms with Crippen LogP contribution in [0.2, 0.25) is 0 Å². The summed E-state index contributed by atoms with van der Waals surface area (Å²) in [5.41, 5.74) is 5.38. The summed E-state index contributed by atoms with van der Waals surface area (Å²) in [5, 5.41) is 21.5. The van der Waals surface area contributed by atoms with E-state index in [1.54, 1.807) is 6.08 Å². The van der Waals surface area contributed by atoms with Gasteiger partial charge in [-0.3, -0.25) is 9.78 Å². The number of aromatic nitrogens is 3. The van der Waals surface area contributed by atoms with E-state index in [0.29, 0.717) is 17.1 Å². The molecule has 0 radical (unpaired) electrons. The normalized spacial score (nSPS) is 10.4. The first kappa shape index (κ1) is 26.2. The molecule has 9 nitrogen and oxygen atoms in total. The number of alkyl halides is 3. The number of imidazole rings is 1. The van der Waals surface area contributed by atoms with E-state index in [-0.39, 0.29) is 16.9 Å². The molecule has 1 amide bonds. The minimum absolute atomic E-state index is 0.0863. The third kappa shape index (κ3) is 8.43. The molecule has 1 aromatic carbocycles. The summed E-state index contributed by atoms with van der Waals surface area (Å²) in [6, 6.07) is 4.27. The van der Waals surface area contributed by atoms with Gasteiger partial charge in [-0.05, 0) is 42.3 Å². The molecule has 12 heteroatoms. The number of H-pyrrole nitrogens is 1. The fourth-order valence-corrected chi connectivity index (χ4v) is 2.49. The minimum atomic E-state index is -4.59. The van der Waals surface area contributed by atoms with E-state index >= 15 is 0 Å². The van der Waals surface area contributed by atoms with Crippen molar-refractivity contribution < 1.29 is 18.0 Å². The lowest BCUT2D eigenvalue weighted by atomic mass is 10.1. The van der Waals surface area contributed by atoms with Crippen molar-refractivity contribution in [1.82, 2.24) is 15.0 Å². The average Bonchev–Trinajstić information content (AvgIpc) is 3.28. The van der Waals surface area contributed by atoms with E-state index in [1.165, 1.54) is 36.8 Å². The van der Waals surface area contributed by atoms with E-state index in [9.17, 15) is 18.0 Å². The first-order chi connectivity index (χ1) is 16.7. The van der Waals surface area contributed by atoms with Crippen LogP contribution in [0, 0.1) is 28.1 Å². The van der Waals surface area contributed by atoms with Crippen molar-refractivity contribution in [2.24, 2.45) is 0 Å². The zero-order valence-corrected chi connectivity index (χ0v) is 17.9. The SMILES string of the molecule is N=C/C=C\c1ncc(C#Cc2cncc(C(=O)Nc3cc(N)cc(C(F)(F)F)c3)c2)[nH]1.N=CC=N. The lowest BCUT2D eigenvalue weighted by Gasteiger charge is -2.11. The number of nitrogens with one attached hydrogen (secondary N) is 5. The Balaban J connectivity index is 0.00000100. The summed E-state index contributed by atoms with van der Waals surface area (Å²) >= 11 is 0. The first-order valence-electron chi connectivity index (χ1n) is 9.64. The molecule has 35 heavy (non-hydrogen) atoms. The molecule has 2 aromatic heterocycles. The van der Waals surface area contributed by atoms with Crippen molar-refractivity contribution in [3.8, 4) is 11.8 Å². The topological polar surface area (TPSA) is 168 Å². The van der Waals surface area contributed by atoms with Gasteiger partial charge in [-0.2, -0.15) is 13.2 Å². The van der Waals surface area contributed by atoms with Gasteiger partial charge in [0.15, 0.2) is 0 Å². The van der Waals surface area contributed by atoms with Crippen LogP contribution in [0.1, 0.15) is 33.0 Å². The number of benzene rings is 1. The predicted octanol–water partition coefficient (Wildman–Crippen LogP) is 4.01. The maximum atomic E-state index is 12.9. The van der Waals surface area contributed by atoms with Crippen LogP contribution in [0.15, 0.2) is 48.9 Å². The second-order valence-corrected chi connectivity index (χ2v) is 6.55. The zero-order valence-electron chi connectivity index (χ0n) is 17.9. The number of nitrogen functional groups attached to an aromatic ring is 1. The van der Waals surface area contributed by atoms with Crippen LogP contribution in [-0.4, -0.2) is 39.5 Å². The molecular formula is C23H19F3N8O. The van der Waals surface area contributed by atoms with Gasteiger partial charge in [0.05, 0.1) is 17.3 Å². The molecular weight excluding hydrogens is 461 g/mol. The number of carbonyl (C=O) groups is 1. The van der Waals surface area contributed by atoms with Crippen LogP contribution in [0.4, 0.5) is 24.5 Å². The Bertz CT molecular complexity index is 1310. The highest BCUT2D eigenvalue weighted by Gasteiger charge is 2.31. The van der Waals surface area contributed by atoms with Gasteiger partial charge in [0.1, 0.15) is 11.5 Å². The smallest absolute Gasteiger partial charge is 0.399 e. The van der Waals surface area contributed by atoms with E-state index < -0.39 is 17.6 Å². The summed E-state index contributed by atoms with van der Waals surface area (Å²) in [4.78, 5) is 23.4. The number of rotatable bonds is 5. The number of allylic oxidation sites excluding steroid dienone is 1. The van der Waals surface area contributed by atoms with Gasteiger partial charge in [-0.25, -0.2) is 4.98 Å². The first-order valence-corrected chi connectivity index (χ1v) is 9.64. The summed E-state index contributed by atoms with van der Waals surface area (Å²) < 4.78 is 38.8. The highest BCUT2D eigenvalue weighted by Crippen LogP contribution is 2.32. The second-order valence-electron chi connectivity index (χ2n) is 6.55. The third-order valence-corrected chi connectivity index (χ3v) is 3.91. The fraction of sp³-hybridized carbons (Fsp3) is 0.0435. The molecule has 0 aliphatic heterocycles. The Morgan fingerprint density at radius 3 is 2.43 bits per heavy atom. The number of hydrogen-bond donors (Lipinski definition) is 6. The number of nitrogens with zero attached hydrogens (tertiary/aromatic N) is 2. The van der Waals surface area contributed by atoms with Crippen LogP contribution in [0.3, 0.4) is 0 Å². The molecule has 0 aliphatic carbocycles. The molecule has 0 aliphatic rings. The molecule has 178 valence electrons. The minimum Gasteiger partial charge on any atom is -0.399 e. The Morgan fingerprint density at radius 1 is 1.03 bits per heavy atom. The number of anilines is 2. The Kier molecular flexibility index (Phi) is 9.18. The van der Waals surface area contributed by atoms with Crippen LogP contribution in [0.5, 0.6) is 0 Å². The third-order valence-electron chi connectivity index (χ3n) is 3.91. The highest BCUT2D eigenvalue weighted by atomic mass is 19.4. The van der Waals surface area contributed by atoms with Gasteiger partial charge in [0.2, 0.25) is 0 Å². The molecule has 0 saturated heterocycles. The van der Waals surface area contributed by atoms with Gasteiger partial charge >= 0.3 is 6.18 Å². The maximum Gasteiger partial charge on any atom is 0.416 e. The maximum absolute atomic E-state index is 12.9. The van der Waals surface area contributed by atoms with Gasteiger partial charge < -0.3 is 32.3 Å². The van der Waals surface area contributed by atoms with Crippen LogP contribution >= 0.6 is 0 Å². The molecule has 0 bridgehead atoms. The van der Waals surface area contributed by atoms with E-state index in [1.807, 2.05) is 0 Å².